The molecule has 0 spiro atoms. The van der Waals surface area contributed by atoms with Crippen molar-refractivity contribution in [2.75, 3.05) is 26.2 Å². The maximum absolute atomic E-state index is 12.5. The van der Waals surface area contributed by atoms with Gasteiger partial charge >= 0.3 is 5.97 Å². The number of hydrogen-bond acceptors (Lipinski definition) is 5. The molecule has 2 aliphatic rings. The summed E-state index contributed by atoms with van der Waals surface area (Å²) in [5, 5.41) is 9.70. The lowest BCUT2D eigenvalue weighted by molar-refractivity contribution is -0.150. The second-order valence-corrected chi connectivity index (χ2v) is 7.44. The van der Waals surface area contributed by atoms with Gasteiger partial charge in [-0.1, -0.05) is 0 Å². The zero-order valence-electron chi connectivity index (χ0n) is 13.8. The molecule has 0 aliphatic carbocycles. The Hall–Kier alpha value is -1.96. The third kappa shape index (κ3) is 2.58. The smallest absolute Gasteiger partial charge is 0.314 e. The average molecular weight is 351 g/mol. The zero-order chi connectivity index (χ0) is 17.5. The van der Waals surface area contributed by atoms with Gasteiger partial charge in [-0.25, -0.2) is 4.98 Å². The minimum absolute atomic E-state index is 0.0892. The van der Waals surface area contributed by atoms with Crippen LogP contribution in [0.2, 0.25) is 0 Å². The Labute approximate surface area is 144 Å². The first-order valence-electron chi connectivity index (χ1n) is 8.08. The summed E-state index contributed by atoms with van der Waals surface area (Å²) in [6.45, 7) is 4.78. The first-order valence-corrected chi connectivity index (χ1v) is 8.96. The molecular formula is C16H21N3O4S. The minimum Gasteiger partial charge on any atom is -0.481 e. The number of aliphatic carboxylic acids is 1. The summed E-state index contributed by atoms with van der Waals surface area (Å²) in [6, 6.07) is 0. The summed E-state index contributed by atoms with van der Waals surface area (Å²) in [4.78, 5) is 45.1. The molecular weight excluding hydrogens is 330 g/mol. The van der Waals surface area contributed by atoms with Crippen LogP contribution in [0.15, 0.2) is 5.51 Å². The highest BCUT2D eigenvalue weighted by Gasteiger charge is 2.62. The number of aryl methyl sites for hydroxylation is 2. The number of fused-ring (bicyclic) bond motifs is 1. The van der Waals surface area contributed by atoms with Gasteiger partial charge in [0.05, 0.1) is 17.1 Å². The van der Waals surface area contributed by atoms with Crippen LogP contribution in [0.1, 0.15) is 23.9 Å². The summed E-state index contributed by atoms with van der Waals surface area (Å²) in [7, 11) is 0. The van der Waals surface area contributed by atoms with Crippen molar-refractivity contribution < 1.29 is 19.5 Å². The molecule has 7 nitrogen and oxygen atoms in total. The minimum atomic E-state index is -1.15. The quantitative estimate of drug-likeness (QED) is 0.846. The zero-order valence-corrected chi connectivity index (χ0v) is 14.6. The van der Waals surface area contributed by atoms with Crippen LogP contribution in [0.25, 0.3) is 0 Å². The number of likely N-dealkylation sites (tertiary alicyclic amines) is 2. The van der Waals surface area contributed by atoms with Gasteiger partial charge in [0.1, 0.15) is 5.41 Å². The van der Waals surface area contributed by atoms with Crippen molar-refractivity contribution >= 4 is 29.1 Å². The second-order valence-electron chi connectivity index (χ2n) is 6.50. The lowest BCUT2D eigenvalue weighted by atomic mass is 9.81. The number of carboxylic acids is 1. The molecule has 2 atom stereocenters. The lowest BCUT2D eigenvalue weighted by Gasteiger charge is -2.24. The standard InChI is InChI=1S/C16H21N3O4S/c1-3-18-7-16(15(22)23)8-19(6-11(16)14(18)21)13(20)5-4-12-10(2)17-9-24-12/h9,11H,3-8H2,1-2H3,(H,22,23)/t11-,16+/m0/s1. The number of rotatable bonds is 5. The van der Waals surface area contributed by atoms with E-state index in [2.05, 4.69) is 4.98 Å². The van der Waals surface area contributed by atoms with E-state index in [0.717, 1.165) is 10.6 Å². The highest BCUT2D eigenvalue weighted by atomic mass is 32.1. The molecule has 2 fully saturated rings. The molecule has 3 rings (SSSR count). The Morgan fingerprint density at radius 1 is 1.46 bits per heavy atom. The van der Waals surface area contributed by atoms with Gasteiger partial charge < -0.3 is 14.9 Å². The summed E-state index contributed by atoms with van der Waals surface area (Å²) >= 11 is 1.52. The van der Waals surface area contributed by atoms with Crippen molar-refractivity contribution in [1.29, 1.82) is 0 Å². The van der Waals surface area contributed by atoms with Gasteiger partial charge in [-0.2, -0.15) is 0 Å². The van der Waals surface area contributed by atoms with E-state index in [1.807, 2.05) is 13.8 Å². The predicted molar refractivity (Wildman–Crippen MR) is 87.6 cm³/mol. The predicted octanol–water partition coefficient (Wildman–Crippen LogP) is 0.776. The van der Waals surface area contributed by atoms with Crippen LogP contribution >= 0.6 is 11.3 Å². The molecule has 0 saturated carbocycles. The molecule has 2 saturated heterocycles. The van der Waals surface area contributed by atoms with Crippen molar-refractivity contribution in [3.8, 4) is 0 Å². The van der Waals surface area contributed by atoms with Gasteiger partial charge in [-0.15, -0.1) is 11.3 Å². The first kappa shape index (κ1) is 16.9. The van der Waals surface area contributed by atoms with E-state index in [1.54, 1.807) is 15.3 Å². The fourth-order valence-electron chi connectivity index (χ4n) is 3.71. The van der Waals surface area contributed by atoms with Crippen molar-refractivity contribution in [1.82, 2.24) is 14.8 Å². The third-order valence-electron chi connectivity index (χ3n) is 5.20. The number of amides is 2. The third-order valence-corrected chi connectivity index (χ3v) is 6.19. The lowest BCUT2D eigenvalue weighted by Crippen LogP contribution is -2.42. The van der Waals surface area contributed by atoms with E-state index in [-0.39, 0.29) is 31.4 Å². The fraction of sp³-hybridized carbons (Fsp3) is 0.625. The number of aromatic nitrogens is 1. The van der Waals surface area contributed by atoms with Crippen molar-refractivity contribution in [3.63, 3.8) is 0 Å². The number of carbonyl (C=O) groups excluding carboxylic acids is 2. The van der Waals surface area contributed by atoms with Gasteiger partial charge in [0, 0.05) is 37.5 Å². The summed E-state index contributed by atoms with van der Waals surface area (Å²) in [6.07, 6.45) is 0.919. The van der Waals surface area contributed by atoms with E-state index in [4.69, 9.17) is 0 Å². The molecule has 24 heavy (non-hydrogen) atoms. The van der Waals surface area contributed by atoms with Crippen molar-refractivity contribution in [3.05, 3.63) is 16.1 Å². The molecule has 0 radical (unpaired) electrons. The molecule has 8 heteroatoms. The van der Waals surface area contributed by atoms with Gasteiger partial charge in [0.2, 0.25) is 11.8 Å². The maximum Gasteiger partial charge on any atom is 0.314 e. The van der Waals surface area contributed by atoms with Crippen LogP contribution in [0.5, 0.6) is 0 Å². The van der Waals surface area contributed by atoms with Crippen molar-refractivity contribution in [2.45, 2.75) is 26.7 Å². The Kier molecular flexibility index (Phi) is 4.33. The first-order chi connectivity index (χ1) is 11.4. The molecule has 1 N–H and O–H groups in total. The maximum atomic E-state index is 12.5. The van der Waals surface area contributed by atoms with E-state index in [1.165, 1.54) is 11.3 Å². The SMILES string of the molecule is CCN1C[C@@]2(C(=O)O)CN(C(=O)CCc3scnc3C)C[C@H]2C1=O. The molecule has 2 aliphatic heterocycles. The number of carboxylic acid groups (broad SMARTS) is 1. The number of carbonyl (C=O) groups is 3. The fourth-order valence-corrected chi connectivity index (χ4v) is 4.49. The molecule has 3 heterocycles. The highest BCUT2D eigenvalue weighted by molar-refractivity contribution is 7.09. The molecule has 1 aromatic heterocycles. The summed E-state index contributed by atoms with van der Waals surface area (Å²) < 4.78 is 0. The highest BCUT2D eigenvalue weighted by Crippen LogP contribution is 2.43. The van der Waals surface area contributed by atoms with E-state index >= 15 is 0 Å². The van der Waals surface area contributed by atoms with Gasteiger partial charge in [0.15, 0.2) is 0 Å². The Morgan fingerprint density at radius 3 is 2.75 bits per heavy atom. The van der Waals surface area contributed by atoms with Crippen LogP contribution in [0, 0.1) is 18.3 Å². The van der Waals surface area contributed by atoms with Crippen LogP contribution in [0.4, 0.5) is 0 Å². The molecule has 0 aromatic carbocycles. The second kappa shape index (κ2) is 6.16. The molecule has 0 bridgehead atoms. The largest absolute Gasteiger partial charge is 0.481 e. The normalized spacial score (nSPS) is 26.1. The topological polar surface area (TPSA) is 90.8 Å². The Morgan fingerprint density at radius 2 is 2.21 bits per heavy atom. The number of hydrogen-bond donors (Lipinski definition) is 1. The summed E-state index contributed by atoms with van der Waals surface area (Å²) in [5.74, 6) is -1.84. The number of thiazole rings is 1. The monoisotopic (exact) mass is 351 g/mol. The van der Waals surface area contributed by atoms with Crippen LogP contribution in [-0.4, -0.2) is 63.9 Å². The van der Waals surface area contributed by atoms with E-state index < -0.39 is 17.3 Å². The van der Waals surface area contributed by atoms with Crippen molar-refractivity contribution in [2.24, 2.45) is 11.3 Å². The van der Waals surface area contributed by atoms with Crippen LogP contribution in [0.3, 0.4) is 0 Å². The molecule has 130 valence electrons. The molecule has 1 aromatic rings. The Bertz CT molecular complexity index is 689. The number of nitrogens with zero attached hydrogens (tertiary/aromatic N) is 3. The van der Waals surface area contributed by atoms with E-state index in [0.29, 0.717) is 19.4 Å². The average Bonchev–Trinajstić information content (AvgIpc) is 3.20. The van der Waals surface area contributed by atoms with Crippen LogP contribution in [-0.2, 0) is 20.8 Å². The molecule has 2 amide bonds. The summed E-state index contributed by atoms with van der Waals surface area (Å²) in [5.41, 5.74) is 1.54. The van der Waals surface area contributed by atoms with E-state index in [9.17, 15) is 19.5 Å². The van der Waals surface area contributed by atoms with Gasteiger partial charge in [-0.05, 0) is 20.3 Å². The van der Waals surface area contributed by atoms with Gasteiger partial charge in [0.25, 0.3) is 0 Å². The Balaban J connectivity index is 1.69. The van der Waals surface area contributed by atoms with Gasteiger partial charge in [-0.3, -0.25) is 14.4 Å². The molecule has 0 unspecified atom stereocenters. The van der Waals surface area contributed by atoms with Crippen LogP contribution < -0.4 is 0 Å².